The van der Waals surface area contributed by atoms with Gasteiger partial charge in [-0.05, 0) is 20.8 Å². The number of hydrogen-bond donors (Lipinski definition) is 2. The highest BCUT2D eigenvalue weighted by atomic mass is 16.5. The van der Waals surface area contributed by atoms with Gasteiger partial charge in [0.2, 0.25) is 0 Å². The summed E-state index contributed by atoms with van der Waals surface area (Å²) in [5, 5.41) is 3.01. The Kier molecular flexibility index (Phi) is 8.51. The summed E-state index contributed by atoms with van der Waals surface area (Å²) >= 11 is 0. The molecule has 0 aromatic heterocycles. The first-order chi connectivity index (χ1) is 9.27. The van der Waals surface area contributed by atoms with E-state index in [9.17, 15) is 9.59 Å². The Bertz CT molecular complexity index is 379. The monoisotopic (exact) mass is 284 g/mol. The zero-order valence-corrected chi connectivity index (χ0v) is 12.4. The van der Waals surface area contributed by atoms with Crippen LogP contribution in [0.4, 0.5) is 0 Å². The molecule has 20 heavy (non-hydrogen) atoms. The number of hydrogen-bond acceptors (Lipinski definition) is 6. The molecule has 0 fully saturated rings. The van der Waals surface area contributed by atoms with Gasteiger partial charge in [0.15, 0.2) is 0 Å². The first-order valence-electron chi connectivity index (χ1n) is 6.42. The summed E-state index contributed by atoms with van der Waals surface area (Å²) in [5.74, 6) is -0.921. The third-order valence-corrected chi connectivity index (χ3v) is 2.41. The molecule has 0 heterocycles. The van der Waals surface area contributed by atoms with E-state index in [1.165, 1.54) is 0 Å². The Labute approximate surface area is 120 Å². The molecule has 0 amide bonds. The van der Waals surface area contributed by atoms with Crippen LogP contribution in [0.5, 0.6) is 0 Å². The number of esters is 2. The third kappa shape index (κ3) is 7.70. The molecule has 0 aromatic rings. The topological polar surface area (TPSA) is 90.6 Å². The van der Waals surface area contributed by atoms with Crippen LogP contribution in [-0.4, -0.2) is 43.8 Å². The van der Waals surface area contributed by atoms with E-state index in [0.717, 1.165) is 0 Å². The molecule has 2 unspecified atom stereocenters. The van der Waals surface area contributed by atoms with E-state index in [0.29, 0.717) is 11.1 Å². The Morgan fingerprint density at radius 1 is 1.25 bits per heavy atom. The number of ether oxygens (including phenoxy) is 2. The standard InChI is InChI=1S/C14H24N2O4/c1-9(2)13(17)19-8-11(4)16-7-10(3)14(18)20-12(5)6-15/h11-12,16H,1,3,6-8,15H2,2,4-5H3. The van der Waals surface area contributed by atoms with Crippen molar-refractivity contribution < 1.29 is 19.1 Å². The van der Waals surface area contributed by atoms with Crippen molar-refractivity contribution in [2.75, 3.05) is 19.7 Å². The Morgan fingerprint density at radius 3 is 2.35 bits per heavy atom. The molecule has 0 aliphatic carbocycles. The molecule has 6 heteroatoms. The van der Waals surface area contributed by atoms with Gasteiger partial charge in [0.25, 0.3) is 0 Å². The number of rotatable bonds is 9. The molecule has 0 spiro atoms. The minimum Gasteiger partial charge on any atom is -0.461 e. The lowest BCUT2D eigenvalue weighted by atomic mass is 10.2. The molecular formula is C14H24N2O4. The highest BCUT2D eigenvalue weighted by molar-refractivity contribution is 5.88. The molecule has 0 rings (SSSR count). The van der Waals surface area contributed by atoms with Crippen molar-refractivity contribution in [3.63, 3.8) is 0 Å². The second-order valence-electron chi connectivity index (χ2n) is 4.72. The highest BCUT2D eigenvalue weighted by Gasteiger charge is 2.13. The van der Waals surface area contributed by atoms with Gasteiger partial charge in [0.05, 0.1) is 0 Å². The maximum atomic E-state index is 11.6. The predicted octanol–water partition coefficient (Wildman–Crippen LogP) is 0.530. The Morgan fingerprint density at radius 2 is 1.85 bits per heavy atom. The van der Waals surface area contributed by atoms with Gasteiger partial charge in [0, 0.05) is 30.3 Å². The lowest BCUT2D eigenvalue weighted by Crippen LogP contribution is -2.35. The molecule has 6 nitrogen and oxygen atoms in total. The van der Waals surface area contributed by atoms with Crippen molar-refractivity contribution in [2.24, 2.45) is 5.73 Å². The van der Waals surface area contributed by atoms with E-state index < -0.39 is 11.9 Å². The molecular weight excluding hydrogens is 260 g/mol. The molecule has 0 radical (unpaired) electrons. The predicted molar refractivity (Wildman–Crippen MR) is 77.0 cm³/mol. The van der Waals surface area contributed by atoms with Gasteiger partial charge in [-0.1, -0.05) is 13.2 Å². The van der Waals surface area contributed by atoms with E-state index >= 15 is 0 Å². The SMILES string of the molecule is C=C(C)C(=O)OCC(C)NCC(=C)C(=O)OC(C)CN. The van der Waals surface area contributed by atoms with Crippen molar-refractivity contribution in [1.82, 2.24) is 5.32 Å². The fraction of sp³-hybridized carbons (Fsp3) is 0.571. The second-order valence-corrected chi connectivity index (χ2v) is 4.72. The van der Waals surface area contributed by atoms with Crippen molar-refractivity contribution in [3.8, 4) is 0 Å². The van der Waals surface area contributed by atoms with Gasteiger partial charge in [-0.25, -0.2) is 9.59 Å². The normalized spacial score (nSPS) is 13.2. The molecule has 2 atom stereocenters. The largest absolute Gasteiger partial charge is 0.461 e. The van der Waals surface area contributed by atoms with Crippen LogP contribution in [0.1, 0.15) is 20.8 Å². The van der Waals surface area contributed by atoms with Crippen molar-refractivity contribution in [1.29, 1.82) is 0 Å². The number of nitrogens with one attached hydrogen (secondary N) is 1. The average Bonchev–Trinajstić information content (AvgIpc) is 2.41. The zero-order chi connectivity index (χ0) is 15.7. The Balaban J connectivity index is 3.97. The van der Waals surface area contributed by atoms with Gasteiger partial charge in [0.1, 0.15) is 12.7 Å². The van der Waals surface area contributed by atoms with Gasteiger partial charge >= 0.3 is 11.9 Å². The van der Waals surface area contributed by atoms with Crippen molar-refractivity contribution >= 4 is 11.9 Å². The number of carbonyl (C=O) groups excluding carboxylic acids is 2. The van der Waals surface area contributed by atoms with Crippen LogP contribution >= 0.6 is 0 Å². The molecule has 0 aromatic carbocycles. The van der Waals surface area contributed by atoms with E-state index in [1.807, 2.05) is 6.92 Å². The summed E-state index contributed by atoms with van der Waals surface area (Å²) < 4.78 is 10.00. The van der Waals surface area contributed by atoms with Crippen LogP contribution in [0.15, 0.2) is 24.3 Å². The van der Waals surface area contributed by atoms with E-state index in [-0.39, 0.29) is 31.8 Å². The fourth-order valence-corrected chi connectivity index (χ4v) is 1.07. The quantitative estimate of drug-likeness (QED) is 0.474. The molecule has 0 aliphatic rings. The highest BCUT2D eigenvalue weighted by Crippen LogP contribution is 1.99. The lowest BCUT2D eigenvalue weighted by molar-refractivity contribution is -0.143. The maximum absolute atomic E-state index is 11.6. The molecule has 0 bridgehead atoms. The molecule has 3 N–H and O–H groups in total. The minimum atomic E-state index is -0.485. The van der Waals surface area contributed by atoms with E-state index in [2.05, 4.69) is 18.5 Å². The number of nitrogens with two attached hydrogens (primary N) is 1. The first-order valence-corrected chi connectivity index (χ1v) is 6.42. The first kappa shape index (κ1) is 18.3. The molecule has 0 aliphatic heterocycles. The van der Waals surface area contributed by atoms with Crippen LogP contribution in [-0.2, 0) is 19.1 Å². The average molecular weight is 284 g/mol. The van der Waals surface area contributed by atoms with Crippen LogP contribution in [0.25, 0.3) is 0 Å². The summed E-state index contributed by atoms with van der Waals surface area (Å²) in [4.78, 5) is 22.8. The van der Waals surface area contributed by atoms with Crippen LogP contribution in [0.3, 0.4) is 0 Å². The molecule has 0 saturated heterocycles. The third-order valence-electron chi connectivity index (χ3n) is 2.41. The van der Waals surface area contributed by atoms with Crippen LogP contribution in [0.2, 0.25) is 0 Å². The van der Waals surface area contributed by atoms with Crippen molar-refractivity contribution in [2.45, 2.75) is 32.9 Å². The summed E-state index contributed by atoms with van der Waals surface area (Å²) in [6, 6.07) is -0.116. The summed E-state index contributed by atoms with van der Waals surface area (Å²) in [6.45, 7) is 12.9. The van der Waals surface area contributed by atoms with Gasteiger partial charge in [-0.2, -0.15) is 0 Å². The van der Waals surface area contributed by atoms with Crippen LogP contribution in [0, 0.1) is 0 Å². The molecule has 0 saturated carbocycles. The van der Waals surface area contributed by atoms with Gasteiger partial charge < -0.3 is 20.5 Å². The summed E-state index contributed by atoms with van der Waals surface area (Å²) in [5.41, 5.74) is 6.00. The smallest absolute Gasteiger partial charge is 0.335 e. The van der Waals surface area contributed by atoms with Crippen molar-refractivity contribution in [3.05, 3.63) is 24.3 Å². The number of carbonyl (C=O) groups is 2. The van der Waals surface area contributed by atoms with Crippen LogP contribution < -0.4 is 11.1 Å². The summed E-state index contributed by atoms with van der Waals surface area (Å²) in [7, 11) is 0. The van der Waals surface area contributed by atoms with E-state index in [4.69, 9.17) is 15.2 Å². The minimum absolute atomic E-state index is 0.116. The second kappa shape index (κ2) is 9.28. The zero-order valence-electron chi connectivity index (χ0n) is 12.4. The Hall–Kier alpha value is -1.66. The van der Waals surface area contributed by atoms with Gasteiger partial charge in [-0.15, -0.1) is 0 Å². The fourth-order valence-electron chi connectivity index (χ4n) is 1.07. The summed E-state index contributed by atoms with van der Waals surface area (Å²) in [6.07, 6.45) is -0.340. The van der Waals surface area contributed by atoms with E-state index in [1.54, 1.807) is 13.8 Å². The van der Waals surface area contributed by atoms with Gasteiger partial charge in [-0.3, -0.25) is 0 Å². The maximum Gasteiger partial charge on any atom is 0.335 e. The lowest BCUT2D eigenvalue weighted by Gasteiger charge is -2.16. The molecule has 114 valence electrons.